The van der Waals surface area contributed by atoms with E-state index >= 15 is 0 Å². The molecule has 0 amide bonds. The van der Waals surface area contributed by atoms with Crippen LogP contribution in [0, 0.1) is 5.82 Å². The van der Waals surface area contributed by atoms with E-state index < -0.39 is 17.6 Å². The molecule has 106 valence electrons. The Morgan fingerprint density at radius 3 is 2.40 bits per heavy atom. The van der Waals surface area contributed by atoms with E-state index in [1.165, 1.54) is 18.2 Å². The van der Waals surface area contributed by atoms with Gasteiger partial charge in [0, 0.05) is 11.0 Å². The minimum absolute atomic E-state index is 0.101. The number of alkyl halides is 3. The highest BCUT2D eigenvalue weighted by Crippen LogP contribution is 2.30. The molecule has 1 N–H and O–H groups in total. The second kappa shape index (κ2) is 5.83. The number of nitrogens with one attached hydrogen (secondary N) is 1. The molecule has 1 nitrogen and oxygen atoms in total. The van der Waals surface area contributed by atoms with E-state index in [1.807, 2.05) is 0 Å². The Kier molecular flexibility index (Phi) is 4.32. The molecule has 0 aliphatic carbocycles. The summed E-state index contributed by atoms with van der Waals surface area (Å²) in [6.45, 7) is 0.101. The van der Waals surface area contributed by atoms with Crippen LogP contribution in [0.15, 0.2) is 46.9 Å². The van der Waals surface area contributed by atoms with E-state index in [2.05, 4.69) is 21.2 Å². The molecular formula is C14H10BrF4N. The highest BCUT2D eigenvalue weighted by molar-refractivity contribution is 9.10. The number of hydrogen-bond donors (Lipinski definition) is 1. The second-order valence-electron chi connectivity index (χ2n) is 4.15. The molecule has 0 aliphatic heterocycles. The van der Waals surface area contributed by atoms with E-state index in [0.29, 0.717) is 10.0 Å². The van der Waals surface area contributed by atoms with Crippen LogP contribution in [0.1, 0.15) is 11.1 Å². The Morgan fingerprint density at radius 2 is 1.75 bits per heavy atom. The van der Waals surface area contributed by atoms with Crippen LogP contribution >= 0.6 is 15.9 Å². The van der Waals surface area contributed by atoms with Crippen molar-refractivity contribution in [1.29, 1.82) is 0 Å². The van der Waals surface area contributed by atoms with Gasteiger partial charge in [0.2, 0.25) is 0 Å². The predicted molar refractivity (Wildman–Crippen MR) is 72.9 cm³/mol. The number of anilines is 1. The summed E-state index contributed by atoms with van der Waals surface area (Å²) >= 11 is 3.18. The van der Waals surface area contributed by atoms with Gasteiger partial charge < -0.3 is 5.32 Å². The van der Waals surface area contributed by atoms with Gasteiger partial charge in [0.25, 0.3) is 0 Å². The molecule has 0 spiro atoms. The van der Waals surface area contributed by atoms with Crippen LogP contribution in [0.3, 0.4) is 0 Å². The minimum Gasteiger partial charge on any atom is -0.378 e. The lowest BCUT2D eigenvalue weighted by Gasteiger charge is -2.11. The van der Waals surface area contributed by atoms with Crippen molar-refractivity contribution < 1.29 is 17.6 Å². The maximum Gasteiger partial charge on any atom is 0.416 e. The van der Waals surface area contributed by atoms with Crippen molar-refractivity contribution >= 4 is 21.6 Å². The molecule has 6 heteroatoms. The standard InChI is InChI=1S/C14H10BrF4N/c15-11-5-2-6-12(16)13(11)20-8-9-3-1-4-10(7-9)14(17,18)19/h1-7,20H,8H2. The molecule has 0 atom stereocenters. The molecule has 2 aromatic rings. The number of para-hydroxylation sites is 1. The van der Waals surface area contributed by atoms with Crippen LogP contribution in [-0.2, 0) is 12.7 Å². The Hall–Kier alpha value is -1.56. The highest BCUT2D eigenvalue weighted by atomic mass is 79.9. The Labute approximate surface area is 121 Å². The van der Waals surface area contributed by atoms with Crippen LogP contribution in [0.2, 0.25) is 0 Å². The number of rotatable bonds is 3. The van der Waals surface area contributed by atoms with Gasteiger partial charge in [-0.2, -0.15) is 13.2 Å². The maximum absolute atomic E-state index is 13.5. The number of hydrogen-bond acceptors (Lipinski definition) is 1. The van der Waals surface area contributed by atoms with Crippen molar-refractivity contribution in [2.75, 3.05) is 5.32 Å². The molecule has 2 aromatic carbocycles. The van der Waals surface area contributed by atoms with Gasteiger partial charge in [-0.15, -0.1) is 0 Å². The topological polar surface area (TPSA) is 12.0 Å². The fraction of sp³-hybridized carbons (Fsp3) is 0.143. The van der Waals surface area contributed by atoms with Crippen LogP contribution in [0.5, 0.6) is 0 Å². The summed E-state index contributed by atoms with van der Waals surface area (Å²) in [5, 5.41) is 2.79. The van der Waals surface area contributed by atoms with Gasteiger partial charge in [-0.05, 0) is 45.8 Å². The van der Waals surface area contributed by atoms with Gasteiger partial charge in [0.15, 0.2) is 0 Å². The maximum atomic E-state index is 13.5. The Bertz CT molecular complexity index is 590. The van der Waals surface area contributed by atoms with Gasteiger partial charge in [-0.3, -0.25) is 0 Å². The van der Waals surface area contributed by atoms with Gasteiger partial charge in [-0.25, -0.2) is 4.39 Å². The molecule has 0 bridgehead atoms. The predicted octanol–water partition coefficient (Wildman–Crippen LogP) is 5.22. The Morgan fingerprint density at radius 1 is 1.05 bits per heavy atom. The van der Waals surface area contributed by atoms with E-state index in [0.717, 1.165) is 12.1 Å². The highest BCUT2D eigenvalue weighted by Gasteiger charge is 2.30. The lowest BCUT2D eigenvalue weighted by Crippen LogP contribution is -2.07. The molecule has 0 aromatic heterocycles. The average Bonchev–Trinajstić information content (AvgIpc) is 2.37. The summed E-state index contributed by atoms with van der Waals surface area (Å²) in [7, 11) is 0. The summed E-state index contributed by atoms with van der Waals surface area (Å²) in [6.07, 6.45) is -4.38. The first-order chi connectivity index (χ1) is 9.38. The van der Waals surface area contributed by atoms with E-state index in [4.69, 9.17) is 0 Å². The lowest BCUT2D eigenvalue weighted by atomic mass is 10.1. The zero-order valence-electron chi connectivity index (χ0n) is 10.1. The van der Waals surface area contributed by atoms with E-state index in [-0.39, 0.29) is 12.2 Å². The molecule has 0 heterocycles. The monoisotopic (exact) mass is 347 g/mol. The van der Waals surface area contributed by atoms with Gasteiger partial charge >= 0.3 is 6.18 Å². The van der Waals surface area contributed by atoms with Crippen molar-refractivity contribution in [3.63, 3.8) is 0 Å². The fourth-order valence-electron chi connectivity index (χ4n) is 1.71. The van der Waals surface area contributed by atoms with Crippen LogP contribution < -0.4 is 5.32 Å². The summed E-state index contributed by atoms with van der Waals surface area (Å²) in [5.41, 5.74) is -0.0655. The third-order valence-corrected chi connectivity index (χ3v) is 3.35. The molecule has 0 aliphatic rings. The quantitative estimate of drug-likeness (QED) is 0.750. The first-order valence-electron chi connectivity index (χ1n) is 5.72. The smallest absolute Gasteiger partial charge is 0.378 e. The first kappa shape index (κ1) is 14.8. The van der Waals surface area contributed by atoms with Gasteiger partial charge in [-0.1, -0.05) is 18.2 Å². The molecule has 0 unspecified atom stereocenters. The average molecular weight is 348 g/mol. The third-order valence-electron chi connectivity index (χ3n) is 2.69. The van der Waals surface area contributed by atoms with Crippen LogP contribution in [0.25, 0.3) is 0 Å². The zero-order valence-corrected chi connectivity index (χ0v) is 11.7. The minimum atomic E-state index is -4.38. The van der Waals surface area contributed by atoms with Gasteiger partial charge in [0.05, 0.1) is 11.3 Å². The number of benzene rings is 2. The molecule has 0 radical (unpaired) electrons. The van der Waals surface area contributed by atoms with Crippen molar-refractivity contribution in [2.24, 2.45) is 0 Å². The molecule has 0 saturated heterocycles. The lowest BCUT2D eigenvalue weighted by molar-refractivity contribution is -0.137. The second-order valence-corrected chi connectivity index (χ2v) is 5.00. The van der Waals surface area contributed by atoms with Crippen LogP contribution in [0.4, 0.5) is 23.2 Å². The third kappa shape index (κ3) is 3.50. The van der Waals surface area contributed by atoms with Crippen molar-refractivity contribution in [2.45, 2.75) is 12.7 Å². The largest absolute Gasteiger partial charge is 0.416 e. The molecule has 20 heavy (non-hydrogen) atoms. The van der Waals surface area contributed by atoms with Crippen molar-refractivity contribution in [3.05, 3.63) is 63.9 Å². The summed E-state index contributed by atoms with van der Waals surface area (Å²) in [4.78, 5) is 0. The van der Waals surface area contributed by atoms with Gasteiger partial charge in [0.1, 0.15) is 5.82 Å². The molecular weight excluding hydrogens is 338 g/mol. The van der Waals surface area contributed by atoms with E-state index in [1.54, 1.807) is 12.1 Å². The van der Waals surface area contributed by atoms with E-state index in [9.17, 15) is 17.6 Å². The first-order valence-corrected chi connectivity index (χ1v) is 6.51. The van der Waals surface area contributed by atoms with Crippen LogP contribution in [-0.4, -0.2) is 0 Å². The summed E-state index contributed by atoms with van der Waals surface area (Å²) < 4.78 is 51.8. The summed E-state index contributed by atoms with van der Waals surface area (Å²) in [6, 6.07) is 9.39. The summed E-state index contributed by atoms with van der Waals surface area (Å²) in [5.74, 6) is -0.466. The Balaban J connectivity index is 2.16. The molecule has 0 saturated carbocycles. The fourth-order valence-corrected chi connectivity index (χ4v) is 2.20. The molecule has 0 fully saturated rings. The SMILES string of the molecule is Fc1cccc(Br)c1NCc1cccc(C(F)(F)F)c1. The van der Waals surface area contributed by atoms with Crippen molar-refractivity contribution in [3.8, 4) is 0 Å². The normalized spacial score (nSPS) is 11.4. The molecule has 2 rings (SSSR count). The van der Waals surface area contributed by atoms with Crippen molar-refractivity contribution in [1.82, 2.24) is 0 Å². The number of halogens is 5. The zero-order chi connectivity index (χ0) is 14.8.